The normalized spacial score (nSPS) is 19.4. The van der Waals surface area contributed by atoms with Gasteiger partial charge in [-0.3, -0.25) is 9.69 Å². The fraction of sp³-hybridized carbons (Fsp3) is 0.643. The van der Waals surface area contributed by atoms with Gasteiger partial charge in [-0.2, -0.15) is 0 Å². The van der Waals surface area contributed by atoms with Crippen LogP contribution in [0.25, 0.3) is 0 Å². The van der Waals surface area contributed by atoms with Crippen LogP contribution in [0.1, 0.15) is 35.4 Å². The van der Waals surface area contributed by atoms with Gasteiger partial charge in [0.25, 0.3) is 0 Å². The Balaban J connectivity index is 1.59. The maximum Gasteiger partial charge on any atom is 0.187 e. The number of carbonyl (C=O) groups excluding carboxylic acids is 1. The van der Waals surface area contributed by atoms with Gasteiger partial charge in [0.05, 0.1) is 11.4 Å². The second kappa shape index (κ2) is 5.43. The second-order valence-corrected chi connectivity index (χ2v) is 7.37. The molecule has 18 heavy (non-hydrogen) atoms. The molecule has 1 heterocycles. The third-order valence-corrected chi connectivity index (χ3v) is 5.54. The molecule has 4 heteroatoms. The second-order valence-electron chi connectivity index (χ2n) is 5.60. The minimum atomic E-state index is 0.276. The van der Waals surface area contributed by atoms with Gasteiger partial charge >= 0.3 is 0 Å². The van der Waals surface area contributed by atoms with Gasteiger partial charge in [0.1, 0.15) is 0 Å². The lowest BCUT2D eigenvalue weighted by Crippen LogP contribution is -2.33. The van der Waals surface area contributed by atoms with Crippen LogP contribution in [-0.2, 0) is 0 Å². The summed E-state index contributed by atoms with van der Waals surface area (Å²) in [6.07, 6.45) is 5.44. The molecule has 0 N–H and O–H groups in total. The van der Waals surface area contributed by atoms with E-state index in [1.54, 1.807) is 11.3 Å². The topological polar surface area (TPSA) is 20.3 Å². The monoisotopic (exact) mass is 327 g/mol. The molecule has 0 unspecified atom stereocenters. The van der Waals surface area contributed by atoms with Gasteiger partial charge in [0.2, 0.25) is 0 Å². The Kier molecular flexibility index (Phi) is 3.87. The zero-order chi connectivity index (χ0) is 12.5. The van der Waals surface area contributed by atoms with Gasteiger partial charge in [-0.15, -0.1) is 11.3 Å². The number of carbonyl (C=O) groups is 1. The van der Waals surface area contributed by atoms with E-state index in [0.717, 1.165) is 34.3 Å². The van der Waals surface area contributed by atoms with E-state index in [2.05, 4.69) is 20.8 Å². The van der Waals surface area contributed by atoms with Crippen molar-refractivity contribution < 1.29 is 4.79 Å². The average Bonchev–Trinajstić information content (AvgIpc) is 3.23. The maximum absolute atomic E-state index is 12.3. The van der Waals surface area contributed by atoms with Crippen molar-refractivity contribution in [2.75, 3.05) is 19.6 Å². The Labute approximate surface area is 120 Å². The van der Waals surface area contributed by atoms with Crippen LogP contribution in [0.5, 0.6) is 0 Å². The number of ketones is 1. The van der Waals surface area contributed by atoms with E-state index < -0.39 is 0 Å². The summed E-state index contributed by atoms with van der Waals surface area (Å²) in [7, 11) is 0. The summed E-state index contributed by atoms with van der Waals surface area (Å²) in [5.74, 6) is 2.00. The molecule has 1 aromatic rings. The van der Waals surface area contributed by atoms with E-state index in [-0.39, 0.29) is 5.78 Å². The van der Waals surface area contributed by atoms with Crippen LogP contribution in [0.2, 0.25) is 0 Å². The number of hydrogen-bond donors (Lipinski definition) is 0. The van der Waals surface area contributed by atoms with Crippen molar-refractivity contribution in [2.24, 2.45) is 11.8 Å². The van der Waals surface area contributed by atoms with E-state index in [9.17, 15) is 4.79 Å². The summed E-state index contributed by atoms with van der Waals surface area (Å²) < 4.78 is 0.954. The molecule has 0 aromatic carbocycles. The molecular formula is C14H18BrNOS. The van der Waals surface area contributed by atoms with Crippen molar-refractivity contribution in [3.8, 4) is 0 Å². The molecule has 2 fully saturated rings. The standard InChI is InChI=1S/C14H18BrNOS/c15-12-5-6-18-14(12)13(17)9-16(7-10-1-2-10)8-11-3-4-11/h5-6,10-11H,1-4,7-9H2. The summed E-state index contributed by atoms with van der Waals surface area (Å²) in [5, 5.41) is 1.98. The summed E-state index contributed by atoms with van der Waals surface area (Å²) in [6.45, 7) is 2.86. The number of rotatable bonds is 7. The molecular weight excluding hydrogens is 310 g/mol. The lowest BCUT2D eigenvalue weighted by Gasteiger charge is -2.21. The predicted molar refractivity (Wildman–Crippen MR) is 78.2 cm³/mol. The highest BCUT2D eigenvalue weighted by Gasteiger charge is 2.30. The van der Waals surface area contributed by atoms with E-state index in [1.807, 2.05) is 11.4 Å². The summed E-state index contributed by atoms with van der Waals surface area (Å²) >= 11 is 5.00. The molecule has 3 rings (SSSR count). The lowest BCUT2D eigenvalue weighted by molar-refractivity contribution is 0.0927. The first kappa shape index (κ1) is 12.8. The van der Waals surface area contributed by atoms with Gasteiger partial charge in [0.15, 0.2) is 5.78 Å². The van der Waals surface area contributed by atoms with Gasteiger partial charge in [-0.1, -0.05) is 0 Å². The third-order valence-electron chi connectivity index (χ3n) is 3.66. The Hall–Kier alpha value is -0.190. The van der Waals surface area contributed by atoms with Crippen molar-refractivity contribution in [1.82, 2.24) is 4.90 Å². The van der Waals surface area contributed by atoms with Crippen LogP contribution in [0.3, 0.4) is 0 Å². The lowest BCUT2D eigenvalue weighted by atomic mass is 10.2. The molecule has 0 radical (unpaired) electrons. The SMILES string of the molecule is O=C(CN(CC1CC1)CC1CC1)c1sccc1Br. The van der Waals surface area contributed by atoms with Crippen molar-refractivity contribution in [3.05, 3.63) is 20.8 Å². The Bertz CT molecular complexity index is 423. The fourth-order valence-electron chi connectivity index (χ4n) is 2.30. The minimum absolute atomic E-state index is 0.276. The molecule has 0 bridgehead atoms. The van der Waals surface area contributed by atoms with Crippen molar-refractivity contribution in [1.29, 1.82) is 0 Å². The molecule has 2 aliphatic rings. The Morgan fingerprint density at radius 2 is 1.89 bits per heavy atom. The van der Waals surface area contributed by atoms with Crippen molar-refractivity contribution in [3.63, 3.8) is 0 Å². The van der Waals surface area contributed by atoms with Gasteiger partial charge in [0, 0.05) is 17.6 Å². The van der Waals surface area contributed by atoms with Crippen LogP contribution >= 0.6 is 27.3 Å². The minimum Gasteiger partial charge on any atom is -0.295 e. The van der Waals surface area contributed by atoms with E-state index in [0.29, 0.717) is 6.54 Å². The van der Waals surface area contributed by atoms with Crippen LogP contribution in [0, 0.1) is 11.8 Å². The molecule has 0 amide bonds. The first-order valence-electron chi connectivity index (χ1n) is 6.71. The molecule has 0 spiro atoms. The van der Waals surface area contributed by atoms with Crippen LogP contribution in [0.15, 0.2) is 15.9 Å². The van der Waals surface area contributed by atoms with Crippen LogP contribution < -0.4 is 0 Å². The Morgan fingerprint density at radius 1 is 1.28 bits per heavy atom. The fourth-order valence-corrected chi connectivity index (χ4v) is 3.83. The number of thiophene rings is 1. The highest BCUT2D eigenvalue weighted by molar-refractivity contribution is 9.10. The largest absolute Gasteiger partial charge is 0.295 e. The number of halogens is 1. The van der Waals surface area contributed by atoms with Crippen LogP contribution in [-0.4, -0.2) is 30.3 Å². The molecule has 0 aliphatic heterocycles. The highest BCUT2D eigenvalue weighted by Crippen LogP contribution is 2.34. The summed E-state index contributed by atoms with van der Waals surface area (Å²) in [6, 6.07) is 1.96. The molecule has 1 aromatic heterocycles. The van der Waals surface area contributed by atoms with Gasteiger partial charge in [-0.25, -0.2) is 0 Å². The first-order valence-corrected chi connectivity index (χ1v) is 8.38. The Morgan fingerprint density at radius 3 is 2.33 bits per heavy atom. The maximum atomic E-state index is 12.3. The zero-order valence-corrected chi connectivity index (χ0v) is 12.8. The molecule has 2 nitrogen and oxygen atoms in total. The summed E-state index contributed by atoms with van der Waals surface area (Å²) in [4.78, 5) is 15.6. The quantitative estimate of drug-likeness (QED) is 0.709. The summed E-state index contributed by atoms with van der Waals surface area (Å²) in [5.41, 5.74) is 0. The number of hydrogen-bond acceptors (Lipinski definition) is 3. The zero-order valence-electron chi connectivity index (χ0n) is 10.4. The van der Waals surface area contributed by atoms with Crippen LogP contribution in [0.4, 0.5) is 0 Å². The predicted octanol–water partition coefficient (Wildman–Crippen LogP) is 3.82. The number of Topliss-reactive ketones (excluding diaryl/α,β-unsaturated/α-hetero) is 1. The average molecular weight is 328 g/mol. The highest BCUT2D eigenvalue weighted by atomic mass is 79.9. The molecule has 2 saturated carbocycles. The van der Waals surface area contributed by atoms with Crippen molar-refractivity contribution in [2.45, 2.75) is 25.7 Å². The molecule has 98 valence electrons. The van der Waals surface area contributed by atoms with Gasteiger partial charge < -0.3 is 0 Å². The van der Waals surface area contributed by atoms with E-state index in [1.165, 1.54) is 25.7 Å². The molecule has 2 aliphatic carbocycles. The first-order chi connectivity index (χ1) is 8.72. The van der Waals surface area contributed by atoms with Gasteiger partial charge in [-0.05, 0) is 64.9 Å². The molecule has 0 atom stereocenters. The smallest absolute Gasteiger partial charge is 0.187 e. The number of nitrogens with zero attached hydrogens (tertiary/aromatic N) is 1. The van der Waals surface area contributed by atoms with E-state index in [4.69, 9.17) is 0 Å². The van der Waals surface area contributed by atoms with E-state index >= 15 is 0 Å². The van der Waals surface area contributed by atoms with Crippen molar-refractivity contribution >= 4 is 33.0 Å². The third kappa shape index (κ3) is 3.43. The molecule has 0 saturated heterocycles.